The van der Waals surface area contributed by atoms with E-state index in [0.29, 0.717) is 11.3 Å². The SMILES string of the molecule is CC(C)C(=O)C1=C(O)C(=O)N(c2ccc(N3CCCC3)cc2)C1c1cccc(O)c1. The van der Waals surface area contributed by atoms with Crippen molar-refractivity contribution >= 4 is 23.1 Å². The molecule has 1 fully saturated rings. The normalized spacial score (nSPS) is 19.3. The second-order valence-corrected chi connectivity index (χ2v) is 8.16. The van der Waals surface area contributed by atoms with Gasteiger partial charge in [-0.25, -0.2) is 0 Å². The van der Waals surface area contributed by atoms with Gasteiger partial charge < -0.3 is 15.1 Å². The van der Waals surface area contributed by atoms with Gasteiger partial charge in [0.1, 0.15) is 5.75 Å². The number of benzene rings is 2. The Kier molecular flexibility index (Phi) is 5.24. The number of hydrogen-bond donors (Lipinski definition) is 2. The Balaban J connectivity index is 1.77. The van der Waals surface area contributed by atoms with Crippen LogP contribution < -0.4 is 9.80 Å². The molecule has 0 aromatic heterocycles. The molecule has 2 aliphatic rings. The van der Waals surface area contributed by atoms with Gasteiger partial charge in [-0.2, -0.15) is 0 Å². The molecule has 30 heavy (non-hydrogen) atoms. The lowest BCUT2D eigenvalue weighted by molar-refractivity contribution is -0.119. The minimum absolute atomic E-state index is 0.0343. The fourth-order valence-corrected chi connectivity index (χ4v) is 4.24. The van der Waals surface area contributed by atoms with E-state index in [4.69, 9.17) is 0 Å². The smallest absolute Gasteiger partial charge is 0.294 e. The summed E-state index contributed by atoms with van der Waals surface area (Å²) in [5, 5.41) is 20.6. The van der Waals surface area contributed by atoms with Crippen LogP contribution in [0.3, 0.4) is 0 Å². The van der Waals surface area contributed by atoms with Gasteiger partial charge in [0.05, 0.1) is 11.6 Å². The highest BCUT2D eigenvalue weighted by atomic mass is 16.3. The van der Waals surface area contributed by atoms with Crippen LogP contribution >= 0.6 is 0 Å². The summed E-state index contributed by atoms with van der Waals surface area (Å²) in [6, 6.07) is 13.3. The van der Waals surface area contributed by atoms with Crippen molar-refractivity contribution in [3.05, 3.63) is 65.4 Å². The molecule has 0 spiro atoms. The number of aliphatic hydroxyl groups is 1. The lowest BCUT2D eigenvalue weighted by Gasteiger charge is -2.28. The van der Waals surface area contributed by atoms with E-state index in [1.54, 1.807) is 26.0 Å². The van der Waals surface area contributed by atoms with Crippen LogP contribution in [-0.2, 0) is 9.59 Å². The molecule has 1 amide bonds. The molecule has 1 atom stereocenters. The standard InChI is InChI=1S/C24H26N2O4/c1-15(2)22(28)20-21(16-6-5-7-19(27)14-16)26(24(30)23(20)29)18-10-8-17(9-11-18)25-12-3-4-13-25/h5-11,14-15,21,27,29H,3-4,12-13H2,1-2H3. The highest BCUT2D eigenvalue weighted by molar-refractivity contribution is 6.16. The van der Waals surface area contributed by atoms with Crippen molar-refractivity contribution in [1.29, 1.82) is 0 Å². The summed E-state index contributed by atoms with van der Waals surface area (Å²) < 4.78 is 0. The van der Waals surface area contributed by atoms with Crippen LogP contribution in [0.4, 0.5) is 11.4 Å². The van der Waals surface area contributed by atoms with E-state index in [0.717, 1.165) is 18.8 Å². The van der Waals surface area contributed by atoms with Gasteiger partial charge in [0.2, 0.25) is 0 Å². The number of phenols is 1. The predicted molar refractivity (Wildman–Crippen MR) is 116 cm³/mol. The Morgan fingerprint density at radius 3 is 2.23 bits per heavy atom. The Bertz CT molecular complexity index is 1000. The number of phenolic OH excluding ortho intramolecular Hbond substituents is 1. The van der Waals surface area contributed by atoms with E-state index in [1.165, 1.54) is 29.9 Å². The van der Waals surface area contributed by atoms with Crippen molar-refractivity contribution in [3.8, 4) is 5.75 Å². The third-order valence-electron chi connectivity index (χ3n) is 5.78. The molecule has 0 aliphatic carbocycles. The van der Waals surface area contributed by atoms with Crippen LogP contribution in [0.5, 0.6) is 5.75 Å². The molecule has 2 N–H and O–H groups in total. The third kappa shape index (κ3) is 3.43. The minimum atomic E-state index is -0.794. The van der Waals surface area contributed by atoms with Crippen molar-refractivity contribution in [3.63, 3.8) is 0 Å². The van der Waals surface area contributed by atoms with E-state index in [1.807, 2.05) is 24.3 Å². The van der Waals surface area contributed by atoms with Gasteiger partial charge in [-0.1, -0.05) is 26.0 Å². The molecule has 1 unspecified atom stereocenters. The molecule has 4 rings (SSSR count). The number of hydrogen-bond acceptors (Lipinski definition) is 5. The number of rotatable bonds is 5. The van der Waals surface area contributed by atoms with Crippen molar-refractivity contribution in [2.45, 2.75) is 32.7 Å². The zero-order valence-corrected chi connectivity index (χ0v) is 17.2. The lowest BCUT2D eigenvalue weighted by Crippen LogP contribution is -2.31. The molecule has 1 saturated heterocycles. The summed E-state index contributed by atoms with van der Waals surface area (Å²) in [4.78, 5) is 29.7. The van der Waals surface area contributed by atoms with Gasteiger partial charge in [0, 0.05) is 30.4 Å². The summed E-state index contributed by atoms with van der Waals surface area (Å²) in [6.45, 7) is 5.51. The second-order valence-electron chi connectivity index (χ2n) is 8.16. The molecular weight excluding hydrogens is 380 g/mol. The number of ketones is 1. The number of aromatic hydroxyl groups is 1. The van der Waals surface area contributed by atoms with Crippen LogP contribution in [0.2, 0.25) is 0 Å². The third-order valence-corrected chi connectivity index (χ3v) is 5.78. The van der Waals surface area contributed by atoms with Gasteiger partial charge in [-0.05, 0) is 54.8 Å². The monoisotopic (exact) mass is 406 g/mol. The number of aliphatic hydroxyl groups excluding tert-OH is 1. The lowest BCUT2D eigenvalue weighted by atomic mass is 9.91. The molecule has 6 nitrogen and oxygen atoms in total. The van der Waals surface area contributed by atoms with E-state index in [-0.39, 0.29) is 23.0 Å². The van der Waals surface area contributed by atoms with Gasteiger partial charge >= 0.3 is 0 Å². The van der Waals surface area contributed by atoms with Crippen molar-refractivity contribution in [1.82, 2.24) is 0 Å². The molecule has 2 heterocycles. The van der Waals surface area contributed by atoms with E-state index in [2.05, 4.69) is 4.90 Å². The topological polar surface area (TPSA) is 81.1 Å². The van der Waals surface area contributed by atoms with Crippen LogP contribution in [-0.4, -0.2) is 35.0 Å². The second kappa shape index (κ2) is 7.86. The highest BCUT2D eigenvalue weighted by Crippen LogP contribution is 2.42. The number of anilines is 2. The van der Waals surface area contributed by atoms with Gasteiger partial charge in [0.15, 0.2) is 11.5 Å². The summed E-state index contributed by atoms with van der Waals surface area (Å²) in [5.41, 5.74) is 2.33. The summed E-state index contributed by atoms with van der Waals surface area (Å²) >= 11 is 0. The molecule has 0 radical (unpaired) electrons. The van der Waals surface area contributed by atoms with Crippen LogP contribution in [0.15, 0.2) is 59.9 Å². The average Bonchev–Trinajstić information content (AvgIpc) is 3.35. The van der Waals surface area contributed by atoms with Crippen molar-refractivity contribution in [2.24, 2.45) is 5.92 Å². The molecule has 0 saturated carbocycles. The number of Topliss-reactive ketones (excluding diaryl/α,β-unsaturated/α-hetero) is 1. The number of carbonyl (C=O) groups is 2. The Morgan fingerprint density at radius 2 is 1.63 bits per heavy atom. The number of amides is 1. The van der Waals surface area contributed by atoms with E-state index >= 15 is 0 Å². The van der Waals surface area contributed by atoms with Gasteiger partial charge in [0.25, 0.3) is 5.91 Å². The number of nitrogens with zero attached hydrogens (tertiary/aromatic N) is 2. The van der Waals surface area contributed by atoms with E-state index in [9.17, 15) is 19.8 Å². The zero-order valence-electron chi connectivity index (χ0n) is 17.2. The maximum Gasteiger partial charge on any atom is 0.294 e. The zero-order chi connectivity index (χ0) is 21.4. The van der Waals surface area contributed by atoms with Crippen LogP contribution in [0, 0.1) is 5.92 Å². The first kappa shape index (κ1) is 20.0. The first-order valence-electron chi connectivity index (χ1n) is 10.3. The first-order valence-corrected chi connectivity index (χ1v) is 10.3. The molecule has 156 valence electrons. The maximum atomic E-state index is 13.0. The quantitative estimate of drug-likeness (QED) is 0.781. The van der Waals surface area contributed by atoms with Crippen LogP contribution in [0.25, 0.3) is 0 Å². The Labute approximate surface area is 176 Å². The Morgan fingerprint density at radius 1 is 1.00 bits per heavy atom. The molecular formula is C24H26N2O4. The number of carbonyl (C=O) groups excluding carboxylic acids is 2. The molecule has 2 aromatic rings. The minimum Gasteiger partial charge on any atom is -0.508 e. The molecule has 6 heteroatoms. The van der Waals surface area contributed by atoms with Gasteiger partial charge in [-0.3, -0.25) is 14.5 Å². The van der Waals surface area contributed by atoms with E-state index < -0.39 is 17.7 Å². The maximum absolute atomic E-state index is 13.0. The predicted octanol–water partition coefficient (Wildman–Crippen LogP) is 4.12. The summed E-state index contributed by atoms with van der Waals surface area (Å²) in [5.74, 6) is -1.77. The highest BCUT2D eigenvalue weighted by Gasteiger charge is 2.44. The Hall–Kier alpha value is -3.28. The molecule has 2 aliphatic heterocycles. The largest absolute Gasteiger partial charge is 0.508 e. The van der Waals surface area contributed by atoms with Crippen LogP contribution in [0.1, 0.15) is 38.3 Å². The average molecular weight is 406 g/mol. The first-order chi connectivity index (χ1) is 14.4. The summed E-state index contributed by atoms with van der Waals surface area (Å²) in [7, 11) is 0. The van der Waals surface area contributed by atoms with Gasteiger partial charge in [-0.15, -0.1) is 0 Å². The molecule has 2 aromatic carbocycles. The fourth-order valence-electron chi connectivity index (χ4n) is 4.24. The van der Waals surface area contributed by atoms with Crippen molar-refractivity contribution < 1.29 is 19.8 Å². The summed E-state index contributed by atoms with van der Waals surface area (Å²) in [6.07, 6.45) is 2.34. The van der Waals surface area contributed by atoms with Crippen molar-refractivity contribution in [2.75, 3.05) is 22.9 Å². The molecule has 0 bridgehead atoms. The fraction of sp³-hybridized carbons (Fsp3) is 0.333.